The van der Waals surface area contributed by atoms with Crippen LogP contribution in [0.1, 0.15) is 37.4 Å². The Hall–Kier alpha value is -2.61. The second-order valence-electron chi connectivity index (χ2n) is 6.91. The highest BCUT2D eigenvalue weighted by Gasteiger charge is 2.30. The van der Waals surface area contributed by atoms with Crippen molar-refractivity contribution in [1.82, 2.24) is 5.32 Å². The van der Waals surface area contributed by atoms with Gasteiger partial charge in [-0.1, -0.05) is 25.1 Å². The third kappa shape index (κ3) is 5.47. The van der Waals surface area contributed by atoms with Crippen molar-refractivity contribution in [3.8, 4) is 5.75 Å². The molecule has 0 aromatic heterocycles. The molecule has 1 amide bonds. The van der Waals surface area contributed by atoms with Crippen molar-refractivity contribution in [3.05, 3.63) is 59.4 Å². The Morgan fingerprint density at radius 2 is 1.93 bits per heavy atom. The zero-order valence-corrected chi connectivity index (χ0v) is 18.1. The SMILES string of the molecule is CCC(NC(=O)C(C)N(c1cccc(F)c1)S(C)(=O)=O)c1ccc(OC)c(C)c1. The number of hydrogen-bond donors (Lipinski definition) is 1. The first-order valence-electron chi connectivity index (χ1n) is 9.28. The highest BCUT2D eigenvalue weighted by molar-refractivity contribution is 7.92. The summed E-state index contributed by atoms with van der Waals surface area (Å²) in [5, 5.41) is 2.90. The molecule has 2 atom stereocenters. The van der Waals surface area contributed by atoms with E-state index in [0.717, 1.165) is 33.5 Å². The van der Waals surface area contributed by atoms with Crippen LogP contribution in [0, 0.1) is 12.7 Å². The molecular formula is C21H27FN2O4S. The van der Waals surface area contributed by atoms with Gasteiger partial charge in [0.15, 0.2) is 0 Å². The number of hydrogen-bond acceptors (Lipinski definition) is 4. The molecule has 2 unspecified atom stereocenters. The number of carbonyl (C=O) groups is 1. The summed E-state index contributed by atoms with van der Waals surface area (Å²) in [6.45, 7) is 5.32. The average Bonchev–Trinajstić information content (AvgIpc) is 2.64. The van der Waals surface area contributed by atoms with Crippen molar-refractivity contribution in [1.29, 1.82) is 0 Å². The molecule has 8 heteroatoms. The van der Waals surface area contributed by atoms with Gasteiger partial charge in [-0.3, -0.25) is 9.10 Å². The van der Waals surface area contributed by atoms with Gasteiger partial charge in [-0.15, -0.1) is 0 Å². The molecule has 0 fully saturated rings. The van der Waals surface area contributed by atoms with Crippen LogP contribution in [0.3, 0.4) is 0 Å². The van der Waals surface area contributed by atoms with E-state index in [1.807, 2.05) is 32.0 Å². The first-order chi connectivity index (χ1) is 13.6. The van der Waals surface area contributed by atoms with E-state index in [1.54, 1.807) is 7.11 Å². The molecule has 0 aliphatic rings. The van der Waals surface area contributed by atoms with Gasteiger partial charge in [0.05, 0.1) is 25.1 Å². The highest BCUT2D eigenvalue weighted by Crippen LogP contribution is 2.26. The fourth-order valence-corrected chi connectivity index (χ4v) is 4.42. The standard InChI is InChI=1S/C21H27FN2O4S/c1-6-19(16-10-11-20(28-4)14(2)12-16)23-21(25)15(3)24(29(5,26)27)18-9-7-8-17(22)13-18/h7-13,15,19H,6H2,1-5H3,(H,23,25). The van der Waals surface area contributed by atoms with E-state index in [1.165, 1.54) is 25.1 Å². The summed E-state index contributed by atoms with van der Waals surface area (Å²) in [5.74, 6) is -0.304. The third-order valence-electron chi connectivity index (χ3n) is 4.70. The van der Waals surface area contributed by atoms with E-state index in [9.17, 15) is 17.6 Å². The summed E-state index contributed by atoms with van der Waals surface area (Å²) in [5.41, 5.74) is 1.93. The van der Waals surface area contributed by atoms with Crippen LogP contribution in [0.15, 0.2) is 42.5 Å². The number of amides is 1. The first kappa shape index (κ1) is 22.7. The lowest BCUT2D eigenvalue weighted by Gasteiger charge is -2.30. The number of nitrogens with one attached hydrogen (secondary N) is 1. The second kappa shape index (κ2) is 9.26. The maximum Gasteiger partial charge on any atom is 0.244 e. The van der Waals surface area contributed by atoms with Gasteiger partial charge in [0.2, 0.25) is 15.9 Å². The smallest absolute Gasteiger partial charge is 0.244 e. The van der Waals surface area contributed by atoms with Crippen LogP contribution in [-0.4, -0.2) is 33.7 Å². The van der Waals surface area contributed by atoms with Crippen LogP contribution in [-0.2, 0) is 14.8 Å². The van der Waals surface area contributed by atoms with E-state index in [4.69, 9.17) is 4.74 Å². The van der Waals surface area contributed by atoms with Gasteiger partial charge < -0.3 is 10.1 Å². The van der Waals surface area contributed by atoms with Gasteiger partial charge in [0.25, 0.3) is 0 Å². The predicted molar refractivity (Wildman–Crippen MR) is 112 cm³/mol. The number of ether oxygens (including phenoxy) is 1. The Morgan fingerprint density at radius 1 is 1.24 bits per heavy atom. The topological polar surface area (TPSA) is 75.7 Å². The molecule has 0 bridgehead atoms. The van der Waals surface area contributed by atoms with Crippen LogP contribution in [0.2, 0.25) is 0 Å². The van der Waals surface area contributed by atoms with Crippen LogP contribution < -0.4 is 14.4 Å². The summed E-state index contributed by atoms with van der Waals surface area (Å²) < 4.78 is 44.5. The van der Waals surface area contributed by atoms with Gasteiger partial charge in [-0.25, -0.2) is 12.8 Å². The summed E-state index contributed by atoms with van der Waals surface area (Å²) in [6, 6.07) is 9.44. The summed E-state index contributed by atoms with van der Waals surface area (Å²) >= 11 is 0. The molecule has 0 saturated carbocycles. The van der Waals surface area contributed by atoms with Crippen molar-refractivity contribution in [2.75, 3.05) is 17.7 Å². The summed E-state index contributed by atoms with van der Waals surface area (Å²) in [4.78, 5) is 12.9. The molecule has 158 valence electrons. The monoisotopic (exact) mass is 422 g/mol. The Bertz CT molecular complexity index is 978. The largest absolute Gasteiger partial charge is 0.496 e. The number of methoxy groups -OCH3 is 1. The Labute approximate surface area is 171 Å². The second-order valence-corrected chi connectivity index (χ2v) is 8.77. The molecule has 0 aliphatic carbocycles. The van der Waals surface area contributed by atoms with Crippen LogP contribution >= 0.6 is 0 Å². The molecule has 0 spiro atoms. The van der Waals surface area contributed by atoms with E-state index in [2.05, 4.69) is 5.32 Å². The van der Waals surface area contributed by atoms with E-state index in [-0.39, 0.29) is 11.7 Å². The van der Waals surface area contributed by atoms with Crippen molar-refractivity contribution in [2.45, 2.75) is 39.3 Å². The summed E-state index contributed by atoms with van der Waals surface area (Å²) in [6.07, 6.45) is 1.61. The fourth-order valence-electron chi connectivity index (χ4n) is 3.25. The minimum atomic E-state index is -3.81. The van der Waals surface area contributed by atoms with Crippen molar-refractivity contribution >= 4 is 21.6 Å². The van der Waals surface area contributed by atoms with Gasteiger partial charge >= 0.3 is 0 Å². The molecule has 1 N–H and O–H groups in total. The Kier molecular flexibility index (Phi) is 7.24. The van der Waals surface area contributed by atoms with Crippen LogP contribution in [0.25, 0.3) is 0 Å². The van der Waals surface area contributed by atoms with Gasteiger partial charge in [-0.2, -0.15) is 0 Å². The first-order valence-corrected chi connectivity index (χ1v) is 11.1. The molecule has 0 saturated heterocycles. The maximum absolute atomic E-state index is 13.6. The van der Waals surface area contributed by atoms with Crippen LogP contribution in [0.5, 0.6) is 5.75 Å². The Balaban J connectivity index is 2.29. The number of benzene rings is 2. The molecule has 2 rings (SSSR count). The lowest BCUT2D eigenvalue weighted by Crippen LogP contribution is -2.48. The molecular weight excluding hydrogens is 395 g/mol. The van der Waals surface area contributed by atoms with E-state index in [0.29, 0.717) is 6.42 Å². The van der Waals surface area contributed by atoms with Gasteiger partial charge in [0.1, 0.15) is 17.6 Å². The lowest BCUT2D eigenvalue weighted by molar-refractivity contribution is -0.122. The Morgan fingerprint density at radius 3 is 2.45 bits per heavy atom. The normalized spacial score (nSPS) is 13.4. The number of halogens is 1. The molecule has 0 radical (unpaired) electrons. The van der Waals surface area contributed by atoms with Crippen LogP contribution in [0.4, 0.5) is 10.1 Å². The summed E-state index contributed by atoms with van der Waals surface area (Å²) in [7, 11) is -2.22. The van der Waals surface area contributed by atoms with Crippen molar-refractivity contribution < 1.29 is 22.3 Å². The van der Waals surface area contributed by atoms with Gasteiger partial charge in [-0.05, 0) is 55.7 Å². The van der Waals surface area contributed by atoms with Crippen molar-refractivity contribution in [3.63, 3.8) is 0 Å². The zero-order chi connectivity index (χ0) is 21.8. The number of carbonyl (C=O) groups excluding carboxylic acids is 1. The molecule has 2 aromatic carbocycles. The van der Waals surface area contributed by atoms with E-state index < -0.39 is 27.8 Å². The number of nitrogens with zero attached hydrogens (tertiary/aromatic N) is 1. The molecule has 6 nitrogen and oxygen atoms in total. The highest BCUT2D eigenvalue weighted by atomic mass is 32.2. The third-order valence-corrected chi connectivity index (χ3v) is 5.94. The fraction of sp³-hybridized carbons (Fsp3) is 0.381. The maximum atomic E-state index is 13.6. The number of sulfonamides is 1. The number of rotatable bonds is 8. The number of anilines is 1. The van der Waals surface area contributed by atoms with E-state index >= 15 is 0 Å². The van der Waals surface area contributed by atoms with Crippen molar-refractivity contribution in [2.24, 2.45) is 0 Å². The minimum Gasteiger partial charge on any atom is -0.496 e. The molecule has 29 heavy (non-hydrogen) atoms. The molecule has 0 aliphatic heterocycles. The average molecular weight is 423 g/mol. The predicted octanol–water partition coefficient (Wildman–Crippen LogP) is 3.56. The minimum absolute atomic E-state index is 0.100. The lowest BCUT2D eigenvalue weighted by atomic mass is 10.0. The number of aryl methyl sites for hydroxylation is 1. The quantitative estimate of drug-likeness (QED) is 0.706. The molecule has 2 aromatic rings. The zero-order valence-electron chi connectivity index (χ0n) is 17.3. The molecule has 0 heterocycles. The van der Waals surface area contributed by atoms with Gasteiger partial charge in [0, 0.05) is 0 Å².